The summed E-state index contributed by atoms with van der Waals surface area (Å²) < 4.78 is 7.10. The molecule has 0 spiro atoms. The number of nitrogens with one attached hydrogen (secondary N) is 2. The molecule has 0 saturated carbocycles. The Morgan fingerprint density at radius 3 is 2.64 bits per heavy atom. The molecule has 7 nitrogen and oxygen atoms in total. The largest absolute Gasteiger partial charge is 0.497 e. The number of ether oxygens (including phenoxy) is 1. The molecule has 0 fully saturated rings. The fourth-order valence-corrected chi connectivity index (χ4v) is 2.43. The first kappa shape index (κ1) is 21.5. The van der Waals surface area contributed by atoms with Crippen LogP contribution in [0, 0.1) is 6.92 Å². The van der Waals surface area contributed by atoms with E-state index in [4.69, 9.17) is 16.3 Å². The molecule has 0 aliphatic heterocycles. The van der Waals surface area contributed by atoms with Crippen LogP contribution in [-0.4, -0.2) is 41.4 Å². The maximum absolute atomic E-state index is 6.25. The zero-order valence-electron chi connectivity index (χ0n) is 14.8. The van der Waals surface area contributed by atoms with Crippen molar-refractivity contribution in [2.75, 3.05) is 20.7 Å². The molecule has 2 rings (SSSR count). The van der Waals surface area contributed by atoms with E-state index in [-0.39, 0.29) is 24.0 Å². The van der Waals surface area contributed by atoms with Crippen molar-refractivity contribution in [3.8, 4) is 5.75 Å². The van der Waals surface area contributed by atoms with Crippen molar-refractivity contribution >= 4 is 41.5 Å². The van der Waals surface area contributed by atoms with Crippen LogP contribution in [0.25, 0.3) is 0 Å². The second-order valence-electron chi connectivity index (χ2n) is 5.28. The first-order valence-electron chi connectivity index (χ1n) is 7.67. The molecule has 1 aromatic carbocycles. The Balaban J connectivity index is 0.00000312. The van der Waals surface area contributed by atoms with Crippen LogP contribution in [0.1, 0.15) is 17.2 Å². The summed E-state index contributed by atoms with van der Waals surface area (Å²) in [6.45, 7) is 3.19. The van der Waals surface area contributed by atoms with Crippen LogP contribution in [0.15, 0.2) is 23.2 Å². The van der Waals surface area contributed by atoms with Crippen molar-refractivity contribution in [3.63, 3.8) is 0 Å². The van der Waals surface area contributed by atoms with Gasteiger partial charge in [-0.1, -0.05) is 17.7 Å². The van der Waals surface area contributed by atoms with Crippen molar-refractivity contribution in [1.29, 1.82) is 0 Å². The standard InChI is InChI=1S/C16H23ClN6O.HI/c1-11-21-22-15(23(11)3)10-20-16(18-2)19-8-7-12-5-6-13(24-4)9-14(12)17;/h5-6,9H,7-8,10H2,1-4H3,(H2,18,19,20);1H. The lowest BCUT2D eigenvalue weighted by Gasteiger charge is -2.12. The Bertz CT molecular complexity index is 719. The van der Waals surface area contributed by atoms with Gasteiger partial charge in [-0.2, -0.15) is 0 Å². The number of rotatable bonds is 6. The lowest BCUT2D eigenvalue weighted by molar-refractivity contribution is 0.414. The summed E-state index contributed by atoms with van der Waals surface area (Å²) in [5, 5.41) is 15.3. The van der Waals surface area contributed by atoms with Crippen LogP contribution in [0.5, 0.6) is 5.75 Å². The first-order chi connectivity index (χ1) is 11.5. The number of guanidine groups is 1. The smallest absolute Gasteiger partial charge is 0.191 e. The molecule has 138 valence electrons. The van der Waals surface area contributed by atoms with Crippen LogP contribution in [0.4, 0.5) is 0 Å². The quantitative estimate of drug-likeness (QED) is 0.379. The molecule has 25 heavy (non-hydrogen) atoms. The van der Waals surface area contributed by atoms with Crippen LogP contribution >= 0.6 is 35.6 Å². The third-order valence-electron chi connectivity index (χ3n) is 3.77. The van der Waals surface area contributed by atoms with E-state index in [1.54, 1.807) is 14.2 Å². The van der Waals surface area contributed by atoms with E-state index in [2.05, 4.69) is 25.8 Å². The van der Waals surface area contributed by atoms with Gasteiger partial charge in [0, 0.05) is 25.7 Å². The van der Waals surface area contributed by atoms with E-state index in [9.17, 15) is 0 Å². The highest BCUT2D eigenvalue weighted by Gasteiger charge is 2.06. The van der Waals surface area contributed by atoms with Crippen LogP contribution < -0.4 is 15.4 Å². The predicted octanol–water partition coefficient (Wildman–Crippen LogP) is 2.31. The number of hydrogen-bond acceptors (Lipinski definition) is 4. The molecule has 0 saturated heterocycles. The minimum Gasteiger partial charge on any atom is -0.497 e. The third-order valence-corrected chi connectivity index (χ3v) is 4.12. The lowest BCUT2D eigenvalue weighted by Crippen LogP contribution is -2.38. The van der Waals surface area contributed by atoms with E-state index < -0.39 is 0 Å². The summed E-state index contributed by atoms with van der Waals surface area (Å²) in [4.78, 5) is 4.20. The van der Waals surface area contributed by atoms with Gasteiger partial charge in [0.15, 0.2) is 11.8 Å². The maximum atomic E-state index is 6.25. The van der Waals surface area contributed by atoms with Crippen LogP contribution in [0.3, 0.4) is 0 Å². The third kappa shape index (κ3) is 6.03. The number of benzene rings is 1. The highest BCUT2D eigenvalue weighted by atomic mass is 127. The summed E-state index contributed by atoms with van der Waals surface area (Å²) in [5.74, 6) is 3.20. The SMILES string of the molecule is CN=C(NCCc1ccc(OC)cc1Cl)NCc1nnc(C)n1C.I. The summed E-state index contributed by atoms with van der Waals surface area (Å²) in [6.07, 6.45) is 0.784. The van der Waals surface area contributed by atoms with Gasteiger partial charge in [-0.05, 0) is 31.0 Å². The average molecular weight is 479 g/mol. The summed E-state index contributed by atoms with van der Waals surface area (Å²) >= 11 is 6.25. The molecule has 0 atom stereocenters. The highest BCUT2D eigenvalue weighted by Crippen LogP contribution is 2.22. The normalized spacial score (nSPS) is 11.0. The summed E-state index contributed by atoms with van der Waals surface area (Å²) in [7, 11) is 5.30. The van der Waals surface area contributed by atoms with Gasteiger partial charge in [0.2, 0.25) is 0 Å². The molecule has 0 amide bonds. The first-order valence-corrected chi connectivity index (χ1v) is 8.04. The highest BCUT2D eigenvalue weighted by molar-refractivity contribution is 14.0. The molecule has 1 heterocycles. The Morgan fingerprint density at radius 1 is 1.32 bits per heavy atom. The van der Waals surface area contributed by atoms with E-state index in [1.807, 2.05) is 36.7 Å². The molecule has 9 heteroatoms. The second-order valence-corrected chi connectivity index (χ2v) is 5.69. The molecule has 0 bridgehead atoms. The molecular weight excluding hydrogens is 455 g/mol. The van der Waals surface area contributed by atoms with Crippen molar-refractivity contribution in [2.24, 2.45) is 12.0 Å². The van der Waals surface area contributed by atoms with Gasteiger partial charge in [0.1, 0.15) is 11.6 Å². The molecular formula is C16H24ClIN6O. The van der Waals surface area contributed by atoms with E-state index in [0.29, 0.717) is 24.1 Å². The minimum atomic E-state index is 0. The molecule has 2 aromatic rings. The Hall–Kier alpha value is -1.55. The Morgan fingerprint density at radius 2 is 2.08 bits per heavy atom. The number of aromatic nitrogens is 3. The monoisotopic (exact) mass is 478 g/mol. The van der Waals surface area contributed by atoms with Gasteiger partial charge in [-0.25, -0.2) is 0 Å². The Kier molecular flexibility index (Phi) is 8.98. The fourth-order valence-electron chi connectivity index (χ4n) is 2.16. The minimum absolute atomic E-state index is 0. The molecule has 2 N–H and O–H groups in total. The van der Waals surface area contributed by atoms with E-state index in [0.717, 1.165) is 29.4 Å². The van der Waals surface area contributed by atoms with Crippen molar-refractivity contribution in [3.05, 3.63) is 40.4 Å². The number of methoxy groups -OCH3 is 1. The van der Waals surface area contributed by atoms with Gasteiger partial charge >= 0.3 is 0 Å². The predicted molar refractivity (Wildman–Crippen MR) is 111 cm³/mol. The zero-order valence-corrected chi connectivity index (χ0v) is 17.9. The number of nitrogens with zero attached hydrogens (tertiary/aromatic N) is 4. The number of aryl methyl sites for hydroxylation is 1. The van der Waals surface area contributed by atoms with Crippen LogP contribution in [-0.2, 0) is 20.0 Å². The molecule has 0 aliphatic rings. The molecule has 0 radical (unpaired) electrons. The Labute approximate surface area is 170 Å². The van der Waals surface area contributed by atoms with Crippen molar-refractivity contribution in [2.45, 2.75) is 19.9 Å². The van der Waals surface area contributed by atoms with E-state index >= 15 is 0 Å². The van der Waals surface area contributed by atoms with Gasteiger partial charge in [0.25, 0.3) is 0 Å². The number of halogens is 2. The number of aliphatic imine (C=N–C) groups is 1. The lowest BCUT2D eigenvalue weighted by atomic mass is 10.1. The van der Waals surface area contributed by atoms with Crippen LogP contribution in [0.2, 0.25) is 5.02 Å². The summed E-state index contributed by atoms with van der Waals surface area (Å²) in [6, 6.07) is 5.70. The average Bonchev–Trinajstić information content (AvgIpc) is 2.91. The summed E-state index contributed by atoms with van der Waals surface area (Å²) in [5.41, 5.74) is 1.06. The molecule has 0 aliphatic carbocycles. The van der Waals surface area contributed by atoms with Gasteiger partial charge < -0.3 is 19.9 Å². The van der Waals surface area contributed by atoms with Gasteiger partial charge in [-0.3, -0.25) is 4.99 Å². The topological polar surface area (TPSA) is 76.4 Å². The fraction of sp³-hybridized carbons (Fsp3) is 0.438. The van der Waals surface area contributed by atoms with Gasteiger partial charge in [0.05, 0.1) is 13.7 Å². The molecule has 1 aromatic heterocycles. The molecule has 0 unspecified atom stereocenters. The van der Waals surface area contributed by atoms with Crippen molar-refractivity contribution in [1.82, 2.24) is 25.4 Å². The van der Waals surface area contributed by atoms with Crippen molar-refractivity contribution < 1.29 is 4.74 Å². The second kappa shape index (κ2) is 10.4. The maximum Gasteiger partial charge on any atom is 0.191 e. The van der Waals surface area contributed by atoms with E-state index in [1.165, 1.54) is 0 Å². The van der Waals surface area contributed by atoms with Gasteiger partial charge in [-0.15, -0.1) is 34.2 Å². The zero-order chi connectivity index (χ0) is 17.5. The number of hydrogen-bond donors (Lipinski definition) is 2.